The second-order valence-corrected chi connectivity index (χ2v) is 4.02. The molecule has 0 spiro atoms. The Kier molecular flexibility index (Phi) is 6.15. The van der Waals surface area contributed by atoms with Gasteiger partial charge in [0, 0.05) is 13.2 Å². The van der Waals surface area contributed by atoms with Crippen molar-refractivity contribution in [2.75, 3.05) is 32.9 Å². The highest BCUT2D eigenvalue weighted by Crippen LogP contribution is 2.10. The fourth-order valence-corrected chi connectivity index (χ4v) is 1.70. The summed E-state index contributed by atoms with van der Waals surface area (Å²) in [6.07, 6.45) is 2.82. The van der Waals surface area contributed by atoms with Crippen LogP contribution in [0.2, 0.25) is 0 Å². The van der Waals surface area contributed by atoms with Crippen molar-refractivity contribution in [1.29, 1.82) is 0 Å². The zero-order chi connectivity index (χ0) is 10.2. The Morgan fingerprint density at radius 1 is 1.50 bits per heavy atom. The molecule has 0 aromatic carbocycles. The second kappa shape index (κ2) is 7.21. The summed E-state index contributed by atoms with van der Waals surface area (Å²) in [6, 6.07) is 0. The van der Waals surface area contributed by atoms with Gasteiger partial charge in [-0.25, -0.2) is 0 Å². The Bertz CT molecular complexity index is 135. The average molecular weight is 201 g/mol. The Labute approximate surface area is 87.2 Å². The molecule has 0 aromatic rings. The van der Waals surface area contributed by atoms with Crippen LogP contribution in [-0.4, -0.2) is 39.0 Å². The number of hydrogen-bond acceptors (Lipinski definition) is 3. The predicted octanol–water partition coefficient (Wildman–Crippen LogP) is 1.43. The van der Waals surface area contributed by atoms with Crippen LogP contribution in [0, 0.1) is 5.92 Å². The SMILES string of the molecule is CCOCC(C)OCC1CCCNC1. The van der Waals surface area contributed by atoms with E-state index in [4.69, 9.17) is 9.47 Å². The van der Waals surface area contributed by atoms with Crippen LogP contribution in [0.1, 0.15) is 26.7 Å². The highest BCUT2D eigenvalue weighted by Gasteiger charge is 2.14. The lowest BCUT2D eigenvalue weighted by atomic mass is 10.0. The first-order valence-electron chi connectivity index (χ1n) is 5.73. The molecule has 1 fully saturated rings. The van der Waals surface area contributed by atoms with E-state index in [0.29, 0.717) is 5.92 Å². The van der Waals surface area contributed by atoms with E-state index < -0.39 is 0 Å². The van der Waals surface area contributed by atoms with Gasteiger partial charge in [0.1, 0.15) is 0 Å². The van der Waals surface area contributed by atoms with E-state index in [1.54, 1.807) is 0 Å². The molecular weight excluding hydrogens is 178 g/mol. The maximum absolute atomic E-state index is 5.72. The third-order valence-corrected chi connectivity index (χ3v) is 2.57. The molecule has 0 bridgehead atoms. The van der Waals surface area contributed by atoms with Gasteiger partial charge in [-0.05, 0) is 39.2 Å². The van der Waals surface area contributed by atoms with Gasteiger partial charge in [0.2, 0.25) is 0 Å². The van der Waals surface area contributed by atoms with E-state index in [-0.39, 0.29) is 6.10 Å². The van der Waals surface area contributed by atoms with Crippen LogP contribution in [0.5, 0.6) is 0 Å². The highest BCUT2D eigenvalue weighted by atomic mass is 16.5. The molecule has 1 saturated heterocycles. The van der Waals surface area contributed by atoms with Crippen LogP contribution in [0.15, 0.2) is 0 Å². The lowest BCUT2D eigenvalue weighted by Crippen LogP contribution is -2.33. The largest absolute Gasteiger partial charge is 0.379 e. The Hall–Kier alpha value is -0.120. The van der Waals surface area contributed by atoms with Crippen molar-refractivity contribution in [2.24, 2.45) is 5.92 Å². The van der Waals surface area contributed by atoms with Crippen LogP contribution in [0.25, 0.3) is 0 Å². The minimum absolute atomic E-state index is 0.233. The van der Waals surface area contributed by atoms with Crippen molar-refractivity contribution in [1.82, 2.24) is 5.32 Å². The molecule has 1 N–H and O–H groups in total. The number of rotatable bonds is 6. The first-order chi connectivity index (χ1) is 6.83. The van der Waals surface area contributed by atoms with Gasteiger partial charge in [-0.15, -0.1) is 0 Å². The molecule has 0 saturated carbocycles. The van der Waals surface area contributed by atoms with Gasteiger partial charge in [0.05, 0.1) is 19.3 Å². The molecule has 14 heavy (non-hydrogen) atoms. The molecule has 0 amide bonds. The summed E-state index contributed by atoms with van der Waals surface area (Å²) in [5.41, 5.74) is 0. The molecule has 3 nitrogen and oxygen atoms in total. The molecule has 1 aliphatic rings. The Morgan fingerprint density at radius 3 is 3.00 bits per heavy atom. The maximum atomic E-state index is 5.72. The van der Waals surface area contributed by atoms with Gasteiger partial charge < -0.3 is 14.8 Å². The predicted molar refractivity (Wildman–Crippen MR) is 57.5 cm³/mol. The second-order valence-electron chi connectivity index (χ2n) is 4.02. The third kappa shape index (κ3) is 4.94. The molecule has 2 unspecified atom stereocenters. The normalized spacial score (nSPS) is 24.9. The molecular formula is C11H23NO2. The highest BCUT2D eigenvalue weighted by molar-refractivity contribution is 4.68. The Morgan fingerprint density at radius 2 is 2.36 bits per heavy atom. The first kappa shape index (κ1) is 12.0. The van der Waals surface area contributed by atoms with Crippen molar-refractivity contribution in [3.05, 3.63) is 0 Å². The average Bonchev–Trinajstić information content (AvgIpc) is 2.25. The first-order valence-corrected chi connectivity index (χ1v) is 5.73. The zero-order valence-corrected chi connectivity index (χ0v) is 9.42. The van der Waals surface area contributed by atoms with Crippen molar-refractivity contribution in [3.8, 4) is 0 Å². The van der Waals surface area contributed by atoms with E-state index in [1.807, 2.05) is 6.92 Å². The summed E-state index contributed by atoms with van der Waals surface area (Å²) in [5.74, 6) is 0.702. The fourth-order valence-electron chi connectivity index (χ4n) is 1.70. The number of nitrogens with one attached hydrogen (secondary N) is 1. The molecule has 84 valence electrons. The van der Waals surface area contributed by atoms with Gasteiger partial charge in [0.15, 0.2) is 0 Å². The van der Waals surface area contributed by atoms with E-state index in [1.165, 1.54) is 19.4 Å². The molecule has 0 radical (unpaired) electrons. The zero-order valence-electron chi connectivity index (χ0n) is 9.42. The molecule has 0 aromatic heterocycles. The molecule has 1 heterocycles. The quantitative estimate of drug-likeness (QED) is 0.705. The van der Waals surface area contributed by atoms with Crippen LogP contribution >= 0.6 is 0 Å². The smallest absolute Gasteiger partial charge is 0.0780 e. The number of hydrogen-bond donors (Lipinski definition) is 1. The minimum atomic E-state index is 0.233. The standard InChI is InChI=1S/C11H23NO2/c1-3-13-8-10(2)14-9-11-5-4-6-12-7-11/h10-12H,3-9H2,1-2H3. The lowest BCUT2D eigenvalue weighted by Gasteiger charge is -2.24. The maximum Gasteiger partial charge on any atom is 0.0780 e. The lowest BCUT2D eigenvalue weighted by molar-refractivity contribution is -0.0196. The van der Waals surface area contributed by atoms with Crippen LogP contribution in [0.3, 0.4) is 0 Å². The third-order valence-electron chi connectivity index (χ3n) is 2.57. The Balaban J connectivity index is 2.00. The molecule has 1 rings (SSSR count). The van der Waals surface area contributed by atoms with Crippen LogP contribution in [-0.2, 0) is 9.47 Å². The summed E-state index contributed by atoms with van der Waals surface area (Å²) in [7, 11) is 0. The van der Waals surface area contributed by atoms with Crippen molar-refractivity contribution in [2.45, 2.75) is 32.8 Å². The minimum Gasteiger partial charge on any atom is -0.379 e. The summed E-state index contributed by atoms with van der Waals surface area (Å²) in [6.45, 7) is 8.74. The van der Waals surface area contributed by atoms with Gasteiger partial charge in [-0.1, -0.05) is 0 Å². The summed E-state index contributed by atoms with van der Waals surface area (Å²) < 4.78 is 11.0. The van der Waals surface area contributed by atoms with Crippen molar-refractivity contribution in [3.63, 3.8) is 0 Å². The molecule has 1 aliphatic heterocycles. The topological polar surface area (TPSA) is 30.5 Å². The van der Waals surface area contributed by atoms with E-state index in [9.17, 15) is 0 Å². The van der Waals surface area contributed by atoms with E-state index in [2.05, 4.69) is 12.2 Å². The molecule has 2 atom stereocenters. The van der Waals surface area contributed by atoms with Crippen molar-refractivity contribution >= 4 is 0 Å². The fraction of sp³-hybridized carbons (Fsp3) is 1.00. The van der Waals surface area contributed by atoms with Gasteiger partial charge in [0.25, 0.3) is 0 Å². The summed E-state index contributed by atoms with van der Waals surface area (Å²) in [4.78, 5) is 0. The monoisotopic (exact) mass is 201 g/mol. The van der Waals surface area contributed by atoms with Gasteiger partial charge in [-0.3, -0.25) is 0 Å². The summed E-state index contributed by atoms with van der Waals surface area (Å²) >= 11 is 0. The molecule has 3 heteroatoms. The van der Waals surface area contributed by atoms with Crippen LogP contribution in [0.4, 0.5) is 0 Å². The van der Waals surface area contributed by atoms with E-state index in [0.717, 1.165) is 26.4 Å². The van der Waals surface area contributed by atoms with E-state index >= 15 is 0 Å². The van der Waals surface area contributed by atoms with Gasteiger partial charge >= 0.3 is 0 Å². The van der Waals surface area contributed by atoms with Gasteiger partial charge in [-0.2, -0.15) is 0 Å². The number of piperidine rings is 1. The number of ether oxygens (including phenoxy) is 2. The molecule has 0 aliphatic carbocycles. The van der Waals surface area contributed by atoms with Crippen molar-refractivity contribution < 1.29 is 9.47 Å². The van der Waals surface area contributed by atoms with Crippen LogP contribution < -0.4 is 5.32 Å². The summed E-state index contributed by atoms with van der Waals surface area (Å²) in [5, 5.41) is 3.39.